The van der Waals surface area contributed by atoms with Crippen LogP contribution in [-0.2, 0) is 17.7 Å². The van der Waals surface area contributed by atoms with Crippen molar-refractivity contribution < 1.29 is 14.3 Å². The Balaban J connectivity index is 1.58. The van der Waals surface area contributed by atoms with Crippen molar-refractivity contribution in [3.8, 4) is 17.3 Å². The molecule has 0 radical (unpaired) electrons. The van der Waals surface area contributed by atoms with Crippen molar-refractivity contribution in [2.24, 2.45) is 0 Å². The van der Waals surface area contributed by atoms with Gasteiger partial charge in [0.2, 0.25) is 5.88 Å². The normalized spacial score (nSPS) is 12.9. The largest absolute Gasteiger partial charge is 0.475 e. The van der Waals surface area contributed by atoms with Gasteiger partial charge in [-0.05, 0) is 31.2 Å². The zero-order valence-electron chi connectivity index (χ0n) is 17.8. The van der Waals surface area contributed by atoms with Crippen LogP contribution in [0.25, 0.3) is 11.4 Å². The number of halogens is 1. The molecule has 9 nitrogen and oxygen atoms in total. The Hall–Kier alpha value is -3.30. The zero-order valence-corrected chi connectivity index (χ0v) is 18.6. The molecular weight excluding hydrogens is 432 g/mol. The molecule has 3 aromatic heterocycles. The lowest BCUT2D eigenvalue weighted by atomic mass is 10.1. The van der Waals surface area contributed by atoms with Crippen LogP contribution in [0.2, 0.25) is 5.15 Å². The lowest BCUT2D eigenvalue weighted by molar-refractivity contribution is 0.141. The van der Waals surface area contributed by atoms with E-state index in [2.05, 4.69) is 20.3 Å². The fourth-order valence-electron chi connectivity index (χ4n) is 3.28. The summed E-state index contributed by atoms with van der Waals surface area (Å²) in [6.07, 6.45) is 3.84. The first kappa shape index (κ1) is 21.9. The number of ether oxygens (including phenoxy) is 2. The molecule has 0 aromatic carbocycles. The molecule has 1 aliphatic heterocycles. The number of urea groups is 1. The smallest absolute Gasteiger partial charge is 0.322 e. The Bertz CT molecular complexity index is 1090. The standard InChI is InChI=1S/C22H23ClN6O3/c1-14-3-5-16(12-24-14)26-22(30)29-8-7-18-17(13-29)21(32-10-9-31-2)28-20(27-18)15-4-6-19(23)25-11-15/h3-6,11-12H,7-10,13H2,1-2H3,(H,26,30). The Kier molecular flexibility index (Phi) is 6.77. The second kappa shape index (κ2) is 9.88. The van der Waals surface area contributed by atoms with E-state index in [0.717, 1.165) is 22.5 Å². The number of anilines is 1. The maximum Gasteiger partial charge on any atom is 0.322 e. The summed E-state index contributed by atoms with van der Waals surface area (Å²) in [6.45, 7) is 3.50. The van der Waals surface area contributed by atoms with Crippen molar-refractivity contribution in [3.63, 3.8) is 0 Å². The highest BCUT2D eigenvalue weighted by atomic mass is 35.5. The first-order valence-corrected chi connectivity index (χ1v) is 10.5. The molecule has 0 atom stereocenters. The quantitative estimate of drug-likeness (QED) is 0.449. The number of carbonyl (C=O) groups excluding carboxylic acids is 1. The third-order valence-electron chi connectivity index (χ3n) is 4.98. The van der Waals surface area contributed by atoms with Crippen molar-refractivity contribution in [2.75, 3.05) is 32.2 Å². The van der Waals surface area contributed by atoms with Gasteiger partial charge in [-0.1, -0.05) is 11.6 Å². The number of amides is 2. The minimum absolute atomic E-state index is 0.213. The molecule has 3 aromatic rings. The van der Waals surface area contributed by atoms with Crippen LogP contribution in [0.1, 0.15) is 17.0 Å². The molecule has 1 aliphatic rings. The van der Waals surface area contributed by atoms with Crippen LogP contribution in [0.5, 0.6) is 5.88 Å². The molecule has 4 rings (SSSR count). The van der Waals surface area contributed by atoms with E-state index in [1.54, 1.807) is 30.5 Å². The molecule has 0 saturated carbocycles. The van der Waals surface area contributed by atoms with E-state index in [9.17, 15) is 4.79 Å². The number of methoxy groups -OCH3 is 1. The second-order valence-corrected chi connectivity index (χ2v) is 7.67. The van der Waals surface area contributed by atoms with Crippen molar-refractivity contribution in [2.45, 2.75) is 19.9 Å². The van der Waals surface area contributed by atoms with E-state index in [0.29, 0.717) is 55.3 Å². The number of aryl methyl sites for hydroxylation is 1. The van der Waals surface area contributed by atoms with Crippen molar-refractivity contribution in [1.82, 2.24) is 24.8 Å². The van der Waals surface area contributed by atoms with Gasteiger partial charge in [0.1, 0.15) is 11.8 Å². The summed E-state index contributed by atoms with van der Waals surface area (Å²) < 4.78 is 11.0. The predicted octanol–water partition coefficient (Wildman–Crippen LogP) is 3.51. The number of pyridine rings is 2. The fraction of sp³-hybridized carbons (Fsp3) is 0.318. The molecule has 2 amide bonds. The van der Waals surface area contributed by atoms with Crippen LogP contribution in [0, 0.1) is 6.92 Å². The molecule has 0 spiro atoms. The number of rotatable bonds is 6. The second-order valence-electron chi connectivity index (χ2n) is 7.28. The number of hydrogen-bond acceptors (Lipinski definition) is 7. The van der Waals surface area contributed by atoms with E-state index in [1.807, 2.05) is 25.1 Å². The van der Waals surface area contributed by atoms with Crippen LogP contribution in [0.15, 0.2) is 36.7 Å². The van der Waals surface area contributed by atoms with Gasteiger partial charge < -0.3 is 19.7 Å². The van der Waals surface area contributed by atoms with Crippen LogP contribution in [-0.4, -0.2) is 57.7 Å². The van der Waals surface area contributed by atoms with Gasteiger partial charge in [0, 0.05) is 37.5 Å². The Morgan fingerprint density at radius 1 is 1.16 bits per heavy atom. The molecule has 0 bridgehead atoms. The van der Waals surface area contributed by atoms with E-state index in [-0.39, 0.29) is 6.03 Å². The maximum atomic E-state index is 12.8. The summed E-state index contributed by atoms with van der Waals surface area (Å²) in [5.41, 5.74) is 3.90. The Morgan fingerprint density at radius 3 is 2.75 bits per heavy atom. The maximum absolute atomic E-state index is 12.8. The molecule has 1 N–H and O–H groups in total. The van der Waals surface area contributed by atoms with Crippen LogP contribution in [0.3, 0.4) is 0 Å². The molecule has 4 heterocycles. The number of nitrogens with zero attached hydrogens (tertiary/aromatic N) is 5. The molecule has 0 fully saturated rings. The van der Waals surface area contributed by atoms with E-state index in [4.69, 9.17) is 26.1 Å². The summed E-state index contributed by atoms with van der Waals surface area (Å²) in [4.78, 5) is 32.2. The predicted molar refractivity (Wildman–Crippen MR) is 120 cm³/mol. The summed E-state index contributed by atoms with van der Waals surface area (Å²) in [5, 5.41) is 3.28. The lowest BCUT2D eigenvalue weighted by Gasteiger charge is -2.29. The van der Waals surface area contributed by atoms with Gasteiger partial charge >= 0.3 is 6.03 Å². The first-order chi connectivity index (χ1) is 15.5. The van der Waals surface area contributed by atoms with Crippen molar-refractivity contribution in [1.29, 1.82) is 0 Å². The van der Waals surface area contributed by atoms with E-state index >= 15 is 0 Å². The SMILES string of the molecule is COCCOc1nc(-c2ccc(Cl)nc2)nc2c1CN(C(=O)Nc1ccc(C)nc1)CC2. The minimum Gasteiger partial charge on any atom is -0.475 e. The van der Waals surface area contributed by atoms with Crippen molar-refractivity contribution >= 4 is 23.3 Å². The molecule has 32 heavy (non-hydrogen) atoms. The molecule has 0 saturated heterocycles. The zero-order chi connectivity index (χ0) is 22.5. The van der Waals surface area contributed by atoms with E-state index < -0.39 is 0 Å². The monoisotopic (exact) mass is 454 g/mol. The van der Waals surface area contributed by atoms with Crippen molar-refractivity contribution in [3.05, 3.63) is 58.8 Å². The molecule has 0 unspecified atom stereocenters. The van der Waals surface area contributed by atoms with Gasteiger partial charge in [-0.15, -0.1) is 0 Å². The third-order valence-corrected chi connectivity index (χ3v) is 5.21. The number of nitrogens with one attached hydrogen (secondary N) is 1. The van der Waals surface area contributed by atoms with E-state index in [1.165, 1.54) is 0 Å². The molecular formula is C22H23ClN6O3. The van der Waals surface area contributed by atoms with Crippen LogP contribution in [0.4, 0.5) is 10.5 Å². The van der Waals surface area contributed by atoms with Gasteiger partial charge in [-0.3, -0.25) is 4.98 Å². The molecule has 10 heteroatoms. The van der Waals surface area contributed by atoms with Gasteiger partial charge in [-0.2, -0.15) is 4.98 Å². The highest BCUT2D eigenvalue weighted by Crippen LogP contribution is 2.29. The number of hydrogen-bond donors (Lipinski definition) is 1. The highest BCUT2D eigenvalue weighted by molar-refractivity contribution is 6.29. The summed E-state index contributed by atoms with van der Waals surface area (Å²) in [7, 11) is 1.61. The average Bonchev–Trinajstić information content (AvgIpc) is 2.80. The molecule has 166 valence electrons. The highest BCUT2D eigenvalue weighted by Gasteiger charge is 2.27. The first-order valence-electron chi connectivity index (χ1n) is 10.2. The molecule has 0 aliphatic carbocycles. The Labute approximate surface area is 190 Å². The van der Waals surface area contributed by atoms with Gasteiger partial charge in [0.15, 0.2) is 5.82 Å². The summed E-state index contributed by atoms with van der Waals surface area (Å²) in [5.74, 6) is 0.940. The minimum atomic E-state index is -0.213. The summed E-state index contributed by atoms with van der Waals surface area (Å²) in [6, 6.07) is 6.97. The topological polar surface area (TPSA) is 102 Å². The fourth-order valence-corrected chi connectivity index (χ4v) is 3.39. The number of fused-ring (bicyclic) bond motifs is 1. The lowest BCUT2D eigenvalue weighted by Crippen LogP contribution is -2.39. The van der Waals surface area contributed by atoms with Gasteiger partial charge in [0.05, 0.1) is 36.3 Å². The van der Waals surface area contributed by atoms with Crippen LogP contribution < -0.4 is 10.1 Å². The summed E-state index contributed by atoms with van der Waals surface area (Å²) >= 11 is 5.90. The third kappa shape index (κ3) is 5.12. The Morgan fingerprint density at radius 2 is 2.03 bits per heavy atom. The van der Waals surface area contributed by atoms with Gasteiger partial charge in [-0.25, -0.2) is 14.8 Å². The van der Waals surface area contributed by atoms with Crippen LogP contribution >= 0.6 is 11.6 Å². The average molecular weight is 455 g/mol. The number of carbonyl (C=O) groups is 1. The van der Waals surface area contributed by atoms with Gasteiger partial charge in [0.25, 0.3) is 0 Å². The number of aromatic nitrogens is 4.